The summed E-state index contributed by atoms with van der Waals surface area (Å²) in [7, 11) is 0. The summed E-state index contributed by atoms with van der Waals surface area (Å²) in [6.45, 7) is 3.10. The Balaban J connectivity index is 2.14. The van der Waals surface area contributed by atoms with Crippen molar-refractivity contribution in [1.29, 1.82) is 0 Å². The molecule has 0 saturated carbocycles. The number of hydrogen-bond acceptors (Lipinski definition) is 1. The van der Waals surface area contributed by atoms with Crippen LogP contribution in [0.25, 0.3) is 0 Å². The molecule has 0 N–H and O–H groups in total. The molecule has 0 aromatic rings. The molecule has 0 atom stereocenters. The van der Waals surface area contributed by atoms with Gasteiger partial charge in [0.25, 0.3) is 0 Å². The van der Waals surface area contributed by atoms with Gasteiger partial charge in [-0.25, -0.2) is 0 Å². The second-order valence-electron chi connectivity index (χ2n) is 1.84. The average Bonchev–Trinajstić information content (AvgIpc) is 2.14. The Morgan fingerprint density at radius 3 is 2.86 bits per heavy atom. The molecule has 1 fully saturated rings. The SMILES string of the molecule is CC[C]1CCCO1. The van der Waals surface area contributed by atoms with Gasteiger partial charge >= 0.3 is 0 Å². The van der Waals surface area contributed by atoms with Crippen LogP contribution in [0.2, 0.25) is 0 Å². The summed E-state index contributed by atoms with van der Waals surface area (Å²) < 4.78 is 5.22. The van der Waals surface area contributed by atoms with Gasteiger partial charge < -0.3 is 4.74 Å². The normalized spacial score (nSPS) is 23.6. The molecule has 1 nitrogen and oxygen atoms in total. The molecule has 7 heavy (non-hydrogen) atoms. The van der Waals surface area contributed by atoms with Gasteiger partial charge in [-0.05, 0) is 19.3 Å². The number of rotatable bonds is 1. The molecular weight excluding hydrogens is 88.1 g/mol. The van der Waals surface area contributed by atoms with Gasteiger partial charge in [0.15, 0.2) is 0 Å². The topological polar surface area (TPSA) is 9.23 Å². The lowest BCUT2D eigenvalue weighted by atomic mass is 10.2. The van der Waals surface area contributed by atoms with Crippen LogP contribution in [0, 0.1) is 6.10 Å². The predicted octanol–water partition coefficient (Wildman–Crippen LogP) is 1.74. The minimum atomic E-state index is 0.961. The van der Waals surface area contributed by atoms with Gasteiger partial charge in [0, 0.05) is 6.61 Å². The van der Waals surface area contributed by atoms with Crippen LogP contribution in [0.5, 0.6) is 0 Å². The van der Waals surface area contributed by atoms with E-state index in [0.717, 1.165) is 13.0 Å². The molecule has 0 aromatic heterocycles. The van der Waals surface area contributed by atoms with Crippen molar-refractivity contribution in [1.82, 2.24) is 0 Å². The van der Waals surface area contributed by atoms with Crippen LogP contribution in [0.15, 0.2) is 0 Å². The Kier molecular flexibility index (Phi) is 1.69. The van der Waals surface area contributed by atoms with Crippen LogP contribution in [0.1, 0.15) is 26.2 Å². The van der Waals surface area contributed by atoms with E-state index in [0.29, 0.717) is 0 Å². The highest BCUT2D eigenvalue weighted by atomic mass is 16.5. The largest absolute Gasteiger partial charge is 0.372 e. The van der Waals surface area contributed by atoms with Crippen LogP contribution < -0.4 is 0 Å². The van der Waals surface area contributed by atoms with Crippen molar-refractivity contribution in [2.45, 2.75) is 26.2 Å². The lowest BCUT2D eigenvalue weighted by Gasteiger charge is -1.99. The van der Waals surface area contributed by atoms with E-state index in [9.17, 15) is 0 Å². The smallest absolute Gasteiger partial charge is 0.0968 e. The van der Waals surface area contributed by atoms with Crippen LogP contribution in [0.4, 0.5) is 0 Å². The standard InChI is InChI=1S/C6H11O/c1-2-6-4-3-5-7-6/h2-5H2,1H3. The van der Waals surface area contributed by atoms with E-state index in [4.69, 9.17) is 4.74 Å². The maximum Gasteiger partial charge on any atom is 0.0968 e. The second kappa shape index (κ2) is 2.31. The first-order valence-corrected chi connectivity index (χ1v) is 2.91. The molecule has 1 rings (SSSR count). The van der Waals surface area contributed by atoms with Crippen LogP contribution >= 0.6 is 0 Å². The molecule has 41 valence electrons. The molecule has 1 radical (unpaired) electrons. The summed E-state index contributed by atoms with van der Waals surface area (Å²) >= 11 is 0. The highest BCUT2D eigenvalue weighted by molar-refractivity contribution is 4.80. The first-order valence-electron chi connectivity index (χ1n) is 2.91. The molecule has 0 aliphatic carbocycles. The van der Waals surface area contributed by atoms with E-state index in [2.05, 4.69) is 6.92 Å². The summed E-state index contributed by atoms with van der Waals surface area (Å²) in [5, 5.41) is 0. The Morgan fingerprint density at radius 1 is 1.71 bits per heavy atom. The Bertz CT molecular complexity index is 46.1. The molecular formula is C6H11O. The highest BCUT2D eigenvalue weighted by Crippen LogP contribution is 2.21. The van der Waals surface area contributed by atoms with Gasteiger partial charge in [0.1, 0.15) is 0 Å². The monoisotopic (exact) mass is 99.1 g/mol. The highest BCUT2D eigenvalue weighted by Gasteiger charge is 2.12. The zero-order chi connectivity index (χ0) is 5.11. The summed E-state index contributed by atoms with van der Waals surface area (Å²) in [6.07, 6.45) is 4.85. The average molecular weight is 99.2 g/mol. The van der Waals surface area contributed by atoms with E-state index in [1.807, 2.05) is 0 Å². The minimum Gasteiger partial charge on any atom is -0.372 e. The Hall–Kier alpha value is -0.0400. The molecule has 0 unspecified atom stereocenters. The zero-order valence-corrected chi connectivity index (χ0v) is 4.74. The van der Waals surface area contributed by atoms with Crippen molar-refractivity contribution in [3.8, 4) is 0 Å². The van der Waals surface area contributed by atoms with Crippen LogP contribution in [0.3, 0.4) is 0 Å². The van der Waals surface area contributed by atoms with Crippen molar-refractivity contribution < 1.29 is 4.74 Å². The van der Waals surface area contributed by atoms with Gasteiger partial charge in [-0.3, -0.25) is 0 Å². The molecule has 0 amide bonds. The van der Waals surface area contributed by atoms with E-state index < -0.39 is 0 Å². The van der Waals surface area contributed by atoms with Crippen molar-refractivity contribution in [2.24, 2.45) is 0 Å². The summed E-state index contributed by atoms with van der Waals surface area (Å²) in [5.74, 6) is 0. The summed E-state index contributed by atoms with van der Waals surface area (Å²) in [6, 6.07) is 0. The molecule has 0 aromatic carbocycles. The van der Waals surface area contributed by atoms with Gasteiger partial charge in [0.05, 0.1) is 6.10 Å². The maximum atomic E-state index is 5.22. The number of ether oxygens (including phenoxy) is 1. The molecule has 0 spiro atoms. The quantitative estimate of drug-likeness (QED) is 0.486. The molecule has 0 bridgehead atoms. The third-order valence-corrected chi connectivity index (χ3v) is 1.30. The lowest BCUT2D eigenvalue weighted by Crippen LogP contribution is -1.88. The fourth-order valence-corrected chi connectivity index (χ4v) is 0.837. The predicted molar refractivity (Wildman–Crippen MR) is 28.7 cm³/mol. The summed E-state index contributed by atoms with van der Waals surface area (Å²) in [5.41, 5.74) is 0. The van der Waals surface area contributed by atoms with Crippen molar-refractivity contribution in [3.05, 3.63) is 6.10 Å². The van der Waals surface area contributed by atoms with Gasteiger partial charge in [-0.15, -0.1) is 0 Å². The van der Waals surface area contributed by atoms with Crippen molar-refractivity contribution >= 4 is 0 Å². The zero-order valence-electron chi connectivity index (χ0n) is 4.74. The van der Waals surface area contributed by atoms with E-state index >= 15 is 0 Å². The third kappa shape index (κ3) is 1.16. The molecule has 1 saturated heterocycles. The summed E-state index contributed by atoms with van der Waals surface area (Å²) in [4.78, 5) is 0. The number of hydrogen-bond donors (Lipinski definition) is 0. The molecule has 1 heterocycles. The van der Waals surface area contributed by atoms with Crippen LogP contribution in [-0.4, -0.2) is 6.61 Å². The van der Waals surface area contributed by atoms with Gasteiger partial charge in [0.2, 0.25) is 0 Å². The minimum absolute atomic E-state index is 0.961. The van der Waals surface area contributed by atoms with E-state index in [-0.39, 0.29) is 0 Å². The fourth-order valence-electron chi connectivity index (χ4n) is 0.837. The first-order chi connectivity index (χ1) is 3.43. The Labute approximate surface area is 44.7 Å². The second-order valence-corrected chi connectivity index (χ2v) is 1.84. The van der Waals surface area contributed by atoms with E-state index in [1.54, 1.807) is 0 Å². The van der Waals surface area contributed by atoms with Crippen molar-refractivity contribution in [3.63, 3.8) is 0 Å². The Morgan fingerprint density at radius 2 is 2.57 bits per heavy atom. The first kappa shape index (κ1) is 5.10. The maximum absolute atomic E-state index is 5.22. The van der Waals surface area contributed by atoms with Gasteiger partial charge in [-0.2, -0.15) is 0 Å². The lowest BCUT2D eigenvalue weighted by molar-refractivity contribution is 0.192. The molecule has 1 aliphatic heterocycles. The fraction of sp³-hybridized carbons (Fsp3) is 0.833. The van der Waals surface area contributed by atoms with Gasteiger partial charge in [-0.1, -0.05) is 6.92 Å². The third-order valence-electron chi connectivity index (χ3n) is 1.30. The van der Waals surface area contributed by atoms with Crippen molar-refractivity contribution in [2.75, 3.05) is 6.61 Å². The van der Waals surface area contributed by atoms with Crippen LogP contribution in [-0.2, 0) is 4.74 Å². The molecule has 1 heteroatoms. The molecule has 1 aliphatic rings. The van der Waals surface area contributed by atoms with E-state index in [1.165, 1.54) is 18.9 Å².